The molecule has 0 saturated carbocycles. The lowest BCUT2D eigenvalue weighted by atomic mass is 10.2. The molecule has 152 valence electrons. The molecule has 0 heterocycles. The van der Waals surface area contributed by atoms with Crippen molar-refractivity contribution in [2.45, 2.75) is 20.1 Å². The number of hydrogen-bond acceptors (Lipinski definition) is 3. The molecule has 0 radical (unpaired) electrons. The molecule has 0 aromatic heterocycles. The average molecular weight is 516 g/mol. The number of halogens is 4. The number of hydrogen-bond donors (Lipinski definition) is 1. The highest BCUT2D eigenvalue weighted by Crippen LogP contribution is 2.35. The third-order valence-electron chi connectivity index (χ3n) is 4.10. The van der Waals surface area contributed by atoms with Crippen LogP contribution in [0.15, 0.2) is 59.1 Å². The van der Waals surface area contributed by atoms with Crippen molar-refractivity contribution in [2.75, 3.05) is 11.9 Å². The Morgan fingerprint density at radius 1 is 0.862 bits per heavy atom. The van der Waals surface area contributed by atoms with E-state index < -0.39 is 0 Å². The Hall–Kier alpha value is -1.59. The maximum absolute atomic E-state index is 6.22. The molecule has 7 heteroatoms. The van der Waals surface area contributed by atoms with Gasteiger partial charge in [0.25, 0.3) is 0 Å². The molecule has 3 rings (SSSR count). The Balaban J connectivity index is 1.77. The van der Waals surface area contributed by atoms with Crippen molar-refractivity contribution >= 4 is 56.4 Å². The van der Waals surface area contributed by atoms with Gasteiger partial charge < -0.3 is 14.8 Å². The zero-order valence-electron chi connectivity index (χ0n) is 15.6. The molecule has 0 unspecified atom stereocenters. The van der Waals surface area contributed by atoms with Crippen LogP contribution in [0.25, 0.3) is 0 Å². The lowest BCUT2D eigenvalue weighted by molar-refractivity contribution is 0.269. The fourth-order valence-corrected chi connectivity index (χ4v) is 3.90. The summed E-state index contributed by atoms with van der Waals surface area (Å²) >= 11 is 22.0. The number of rotatable bonds is 8. The normalized spacial score (nSPS) is 10.7. The molecule has 0 aliphatic heterocycles. The largest absolute Gasteiger partial charge is 0.490 e. The van der Waals surface area contributed by atoms with Gasteiger partial charge in [-0.15, -0.1) is 0 Å². The van der Waals surface area contributed by atoms with Crippen LogP contribution in [0.1, 0.15) is 18.1 Å². The zero-order valence-corrected chi connectivity index (χ0v) is 19.5. The Labute approximate surface area is 194 Å². The van der Waals surface area contributed by atoms with Gasteiger partial charge in [0.1, 0.15) is 6.61 Å². The summed E-state index contributed by atoms with van der Waals surface area (Å²) in [7, 11) is 0. The van der Waals surface area contributed by atoms with E-state index >= 15 is 0 Å². The van der Waals surface area contributed by atoms with Gasteiger partial charge in [-0.3, -0.25) is 0 Å². The maximum Gasteiger partial charge on any atom is 0.162 e. The minimum atomic E-state index is 0.352. The molecular weight excluding hydrogens is 497 g/mol. The Morgan fingerprint density at radius 3 is 2.24 bits per heavy atom. The molecular formula is C22H19BrCl3NO2. The van der Waals surface area contributed by atoms with Gasteiger partial charge in [-0.1, -0.05) is 68.9 Å². The summed E-state index contributed by atoms with van der Waals surface area (Å²) in [5, 5.41) is 5.16. The monoisotopic (exact) mass is 513 g/mol. The first kappa shape index (κ1) is 22.1. The first-order chi connectivity index (χ1) is 14.0. The van der Waals surface area contributed by atoms with E-state index in [0.29, 0.717) is 46.3 Å². The summed E-state index contributed by atoms with van der Waals surface area (Å²) in [4.78, 5) is 0. The predicted molar refractivity (Wildman–Crippen MR) is 125 cm³/mol. The summed E-state index contributed by atoms with van der Waals surface area (Å²) in [6.07, 6.45) is 0. The van der Waals surface area contributed by atoms with E-state index in [4.69, 9.17) is 44.3 Å². The minimum Gasteiger partial charge on any atom is -0.490 e. The molecule has 3 aromatic rings. The van der Waals surface area contributed by atoms with Crippen LogP contribution in [-0.4, -0.2) is 6.61 Å². The van der Waals surface area contributed by atoms with Gasteiger partial charge in [0, 0.05) is 37.3 Å². The molecule has 1 N–H and O–H groups in total. The first-order valence-electron chi connectivity index (χ1n) is 8.97. The van der Waals surface area contributed by atoms with Crippen molar-refractivity contribution in [1.29, 1.82) is 0 Å². The van der Waals surface area contributed by atoms with E-state index in [2.05, 4.69) is 21.2 Å². The van der Waals surface area contributed by atoms with Crippen LogP contribution in [0.4, 0.5) is 5.69 Å². The van der Waals surface area contributed by atoms with Gasteiger partial charge in [-0.05, 0) is 48.9 Å². The molecule has 0 spiro atoms. The quantitative estimate of drug-likeness (QED) is 0.330. The number of anilines is 1. The molecule has 3 nitrogen and oxygen atoms in total. The second kappa shape index (κ2) is 10.4. The SMILES string of the molecule is CCOc1cc(CNc2cc(Cl)cc(Cl)c2)c(Br)cc1OCc1ccccc1Cl. The van der Waals surface area contributed by atoms with Crippen LogP contribution in [0.2, 0.25) is 15.1 Å². The van der Waals surface area contributed by atoms with Gasteiger partial charge in [0.15, 0.2) is 11.5 Å². The lowest BCUT2D eigenvalue weighted by Crippen LogP contribution is -2.04. The Kier molecular flexibility index (Phi) is 7.96. The van der Waals surface area contributed by atoms with E-state index in [9.17, 15) is 0 Å². The van der Waals surface area contributed by atoms with E-state index in [-0.39, 0.29) is 0 Å². The molecule has 29 heavy (non-hydrogen) atoms. The molecule has 0 atom stereocenters. The van der Waals surface area contributed by atoms with Crippen molar-refractivity contribution in [2.24, 2.45) is 0 Å². The first-order valence-corrected chi connectivity index (χ1v) is 10.9. The summed E-state index contributed by atoms with van der Waals surface area (Å²) in [6.45, 7) is 3.37. The highest BCUT2D eigenvalue weighted by Gasteiger charge is 2.12. The summed E-state index contributed by atoms with van der Waals surface area (Å²) in [5.41, 5.74) is 2.76. The van der Waals surface area contributed by atoms with Crippen molar-refractivity contribution in [3.63, 3.8) is 0 Å². The summed E-state index contributed by atoms with van der Waals surface area (Å²) < 4.78 is 12.7. The Bertz CT molecular complexity index is 978. The van der Waals surface area contributed by atoms with Crippen LogP contribution in [0, 0.1) is 0 Å². The highest BCUT2D eigenvalue weighted by molar-refractivity contribution is 9.10. The van der Waals surface area contributed by atoms with Gasteiger partial charge in [0.2, 0.25) is 0 Å². The third kappa shape index (κ3) is 6.19. The Morgan fingerprint density at radius 2 is 1.55 bits per heavy atom. The smallest absolute Gasteiger partial charge is 0.162 e. The van der Waals surface area contributed by atoms with Gasteiger partial charge >= 0.3 is 0 Å². The van der Waals surface area contributed by atoms with Crippen LogP contribution in [0.5, 0.6) is 11.5 Å². The van der Waals surface area contributed by atoms with E-state index in [1.807, 2.05) is 55.5 Å². The van der Waals surface area contributed by atoms with Crippen molar-refractivity contribution in [1.82, 2.24) is 0 Å². The van der Waals surface area contributed by atoms with Crippen molar-refractivity contribution < 1.29 is 9.47 Å². The zero-order chi connectivity index (χ0) is 20.8. The maximum atomic E-state index is 6.22. The van der Waals surface area contributed by atoms with Crippen molar-refractivity contribution in [3.8, 4) is 11.5 Å². The molecule has 0 fully saturated rings. The molecule has 0 saturated heterocycles. The van der Waals surface area contributed by atoms with Crippen molar-refractivity contribution in [3.05, 3.63) is 85.3 Å². The van der Waals surface area contributed by atoms with Crippen LogP contribution >= 0.6 is 50.7 Å². The second-order valence-electron chi connectivity index (χ2n) is 6.22. The van der Waals surface area contributed by atoms with Gasteiger partial charge in [-0.25, -0.2) is 0 Å². The molecule has 0 bridgehead atoms. The third-order valence-corrected chi connectivity index (χ3v) is 5.64. The van der Waals surface area contributed by atoms with Crippen LogP contribution in [-0.2, 0) is 13.2 Å². The lowest BCUT2D eigenvalue weighted by Gasteiger charge is -2.16. The minimum absolute atomic E-state index is 0.352. The van der Waals surface area contributed by atoms with Gasteiger partial charge in [0.05, 0.1) is 6.61 Å². The van der Waals surface area contributed by atoms with Crippen LogP contribution in [0.3, 0.4) is 0 Å². The fraction of sp³-hybridized carbons (Fsp3) is 0.182. The molecule has 0 aliphatic rings. The topological polar surface area (TPSA) is 30.5 Å². The highest BCUT2D eigenvalue weighted by atomic mass is 79.9. The van der Waals surface area contributed by atoms with E-state index in [0.717, 1.165) is 21.3 Å². The summed E-state index contributed by atoms with van der Waals surface area (Å²) in [6, 6.07) is 16.8. The fourth-order valence-electron chi connectivity index (χ4n) is 2.72. The standard InChI is InChI=1S/C22H19BrCl3NO2/c1-2-28-21-7-15(12-27-18-9-16(24)8-17(25)10-18)19(23)11-22(21)29-13-14-5-3-4-6-20(14)26/h3-11,27H,2,12-13H2,1H3. The molecule has 0 aliphatic carbocycles. The average Bonchev–Trinajstić information content (AvgIpc) is 2.67. The number of ether oxygens (including phenoxy) is 2. The molecule has 0 amide bonds. The van der Waals surface area contributed by atoms with Gasteiger partial charge in [-0.2, -0.15) is 0 Å². The van der Waals surface area contributed by atoms with E-state index in [1.165, 1.54) is 0 Å². The van der Waals surface area contributed by atoms with E-state index in [1.54, 1.807) is 6.07 Å². The number of benzene rings is 3. The summed E-state index contributed by atoms with van der Waals surface area (Å²) in [5.74, 6) is 1.32. The number of nitrogens with one attached hydrogen (secondary N) is 1. The molecule has 3 aromatic carbocycles. The van der Waals surface area contributed by atoms with Crippen LogP contribution < -0.4 is 14.8 Å². The second-order valence-corrected chi connectivity index (χ2v) is 8.35. The predicted octanol–water partition coefficient (Wildman–Crippen LogP) is 8.00.